The van der Waals surface area contributed by atoms with Gasteiger partial charge in [0.25, 0.3) is 0 Å². The van der Waals surface area contributed by atoms with Crippen LogP contribution in [-0.4, -0.2) is 26.1 Å². The Morgan fingerprint density at radius 3 is 2.56 bits per heavy atom. The number of carbonyl (C=O) groups is 1. The van der Waals surface area contributed by atoms with Crippen molar-refractivity contribution in [2.24, 2.45) is 11.8 Å². The maximum Gasteiger partial charge on any atom is 0.358 e. The molecule has 5 nitrogen and oxygen atoms in total. The van der Waals surface area contributed by atoms with E-state index in [1.807, 2.05) is 0 Å². The van der Waals surface area contributed by atoms with E-state index < -0.39 is 5.97 Å². The third kappa shape index (κ3) is 3.82. The zero-order valence-electron chi connectivity index (χ0n) is 11.7. The molecule has 102 valence electrons. The molecule has 18 heavy (non-hydrogen) atoms. The van der Waals surface area contributed by atoms with Gasteiger partial charge in [0.05, 0.1) is 5.69 Å². The summed E-state index contributed by atoms with van der Waals surface area (Å²) in [6.07, 6.45) is 2.94. The van der Waals surface area contributed by atoms with Gasteiger partial charge in [0.1, 0.15) is 0 Å². The van der Waals surface area contributed by atoms with Crippen molar-refractivity contribution in [1.82, 2.24) is 15.0 Å². The molecule has 1 atom stereocenters. The highest BCUT2D eigenvalue weighted by atomic mass is 16.4. The second-order valence-electron chi connectivity index (χ2n) is 5.36. The van der Waals surface area contributed by atoms with Gasteiger partial charge < -0.3 is 5.11 Å². The van der Waals surface area contributed by atoms with E-state index in [0.29, 0.717) is 18.3 Å². The minimum Gasteiger partial charge on any atom is -0.476 e. The smallest absolute Gasteiger partial charge is 0.358 e. The van der Waals surface area contributed by atoms with Crippen molar-refractivity contribution in [1.29, 1.82) is 0 Å². The highest BCUT2D eigenvalue weighted by Gasteiger charge is 2.20. The van der Waals surface area contributed by atoms with Crippen LogP contribution in [0.1, 0.15) is 56.7 Å². The minimum absolute atomic E-state index is 0.104. The summed E-state index contributed by atoms with van der Waals surface area (Å²) in [4.78, 5) is 11.1. The van der Waals surface area contributed by atoms with Gasteiger partial charge in [-0.3, -0.25) is 0 Å². The molecule has 0 aliphatic carbocycles. The molecule has 1 aromatic rings. The molecule has 0 bridgehead atoms. The normalized spacial score (nSPS) is 12.9. The monoisotopic (exact) mass is 253 g/mol. The standard InChI is InChI=1S/C13H23N3O2/c1-5-6-10(4)8-16-11(7-9(2)3)12(13(17)18)14-15-16/h9-10H,5-8H2,1-4H3,(H,17,18). The summed E-state index contributed by atoms with van der Waals surface area (Å²) in [5.41, 5.74) is 0.854. The van der Waals surface area contributed by atoms with E-state index in [4.69, 9.17) is 5.11 Å². The van der Waals surface area contributed by atoms with Crippen molar-refractivity contribution in [3.8, 4) is 0 Å². The predicted molar refractivity (Wildman–Crippen MR) is 69.6 cm³/mol. The van der Waals surface area contributed by atoms with Gasteiger partial charge in [-0.2, -0.15) is 0 Å². The lowest BCUT2D eigenvalue weighted by Crippen LogP contribution is -2.15. The first-order valence-electron chi connectivity index (χ1n) is 6.61. The SMILES string of the molecule is CCCC(C)Cn1nnc(C(=O)O)c1CC(C)C. The molecule has 0 aliphatic heterocycles. The average Bonchev–Trinajstić information content (AvgIpc) is 2.61. The van der Waals surface area contributed by atoms with Crippen molar-refractivity contribution in [2.45, 2.75) is 53.5 Å². The van der Waals surface area contributed by atoms with Crippen LogP contribution in [0.15, 0.2) is 0 Å². The van der Waals surface area contributed by atoms with Gasteiger partial charge in [-0.05, 0) is 24.7 Å². The molecule has 0 fully saturated rings. The van der Waals surface area contributed by atoms with Crippen molar-refractivity contribution in [3.05, 3.63) is 11.4 Å². The summed E-state index contributed by atoms with van der Waals surface area (Å²) in [7, 11) is 0. The molecule has 0 aliphatic rings. The van der Waals surface area contributed by atoms with Crippen LogP contribution < -0.4 is 0 Å². The zero-order valence-corrected chi connectivity index (χ0v) is 11.7. The number of hydrogen-bond acceptors (Lipinski definition) is 3. The quantitative estimate of drug-likeness (QED) is 0.811. The van der Waals surface area contributed by atoms with Crippen LogP contribution in [0.25, 0.3) is 0 Å². The topological polar surface area (TPSA) is 68.0 Å². The van der Waals surface area contributed by atoms with Gasteiger partial charge >= 0.3 is 5.97 Å². The largest absolute Gasteiger partial charge is 0.476 e. The Kier molecular flexibility index (Phi) is 5.31. The summed E-state index contributed by atoms with van der Waals surface area (Å²) in [6, 6.07) is 0. The molecule has 0 aromatic carbocycles. The van der Waals surface area contributed by atoms with Crippen LogP contribution >= 0.6 is 0 Å². The summed E-state index contributed by atoms with van der Waals surface area (Å²) < 4.78 is 1.77. The second-order valence-corrected chi connectivity index (χ2v) is 5.36. The molecule has 1 N–H and O–H groups in total. The summed E-state index contributed by atoms with van der Waals surface area (Å²) in [5, 5.41) is 16.9. The molecule has 5 heteroatoms. The Morgan fingerprint density at radius 2 is 2.06 bits per heavy atom. The van der Waals surface area contributed by atoms with E-state index >= 15 is 0 Å². The van der Waals surface area contributed by atoms with Crippen molar-refractivity contribution in [2.75, 3.05) is 0 Å². The third-order valence-corrected chi connectivity index (χ3v) is 2.91. The number of aromatic carboxylic acids is 1. The summed E-state index contributed by atoms with van der Waals surface area (Å²) in [6.45, 7) is 9.19. The molecule has 0 amide bonds. The lowest BCUT2D eigenvalue weighted by Gasteiger charge is -2.13. The molecular formula is C13H23N3O2. The van der Waals surface area contributed by atoms with Crippen LogP contribution in [0.5, 0.6) is 0 Å². The van der Waals surface area contributed by atoms with Gasteiger partial charge in [-0.25, -0.2) is 9.48 Å². The van der Waals surface area contributed by atoms with Crippen LogP contribution in [0.2, 0.25) is 0 Å². The molecule has 1 rings (SSSR count). The Morgan fingerprint density at radius 1 is 1.39 bits per heavy atom. The summed E-state index contributed by atoms with van der Waals surface area (Å²) >= 11 is 0. The Balaban J connectivity index is 2.93. The number of hydrogen-bond donors (Lipinski definition) is 1. The molecule has 1 unspecified atom stereocenters. The van der Waals surface area contributed by atoms with E-state index in [1.54, 1.807) is 4.68 Å². The average molecular weight is 253 g/mol. The third-order valence-electron chi connectivity index (χ3n) is 2.91. The predicted octanol–water partition coefficient (Wildman–Crippen LogP) is 2.61. The highest BCUT2D eigenvalue weighted by Crippen LogP contribution is 2.15. The molecule has 1 aromatic heterocycles. The molecule has 0 saturated heterocycles. The van der Waals surface area contributed by atoms with Gasteiger partial charge in [0.2, 0.25) is 0 Å². The first-order chi connectivity index (χ1) is 8.45. The zero-order chi connectivity index (χ0) is 13.7. The highest BCUT2D eigenvalue weighted by molar-refractivity contribution is 5.86. The minimum atomic E-state index is -0.986. The van der Waals surface area contributed by atoms with Gasteiger partial charge in [0, 0.05) is 6.54 Å². The Bertz CT molecular complexity index is 399. The fourth-order valence-corrected chi connectivity index (χ4v) is 2.11. The number of nitrogens with zero attached hydrogens (tertiary/aromatic N) is 3. The number of carboxylic acid groups (broad SMARTS) is 1. The van der Waals surface area contributed by atoms with E-state index in [0.717, 1.165) is 25.1 Å². The first-order valence-corrected chi connectivity index (χ1v) is 6.61. The number of aromatic nitrogens is 3. The lowest BCUT2D eigenvalue weighted by molar-refractivity contribution is 0.0689. The van der Waals surface area contributed by atoms with E-state index in [9.17, 15) is 4.79 Å². The molecule has 0 radical (unpaired) electrons. The summed E-state index contributed by atoms with van der Waals surface area (Å²) in [5.74, 6) is -0.105. The molecule has 0 saturated carbocycles. The van der Waals surface area contributed by atoms with E-state index in [1.165, 1.54) is 0 Å². The van der Waals surface area contributed by atoms with Crippen LogP contribution in [0.4, 0.5) is 0 Å². The number of carboxylic acids is 1. The first kappa shape index (κ1) is 14.7. The van der Waals surface area contributed by atoms with Crippen molar-refractivity contribution >= 4 is 5.97 Å². The fraction of sp³-hybridized carbons (Fsp3) is 0.769. The molecule has 0 spiro atoms. The van der Waals surface area contributed by atoms with Gasteiger partial charge in [-0.1, -0.05) is 39.3 Å². The molecular weight excluding hydrogens is 230 g/mol. The van der Waals surface area contributed by atoms with E-state index in [-0.39, 0.29) is 5.69 Å². The van der Waals surface area contributed by atoms with E-state index in [2.05, 4.69) is 38.0 Å². The second kappa shape index (κ2) is 6.52. The van der Waals surface area contributed by atoms with Crippen LogP contribution in [0.3, 0.4) is 0 Å². The lowest BCUT2D eigenvalue weighted by atomic mass is 10.0. The Hall–Kier alpha value is -1.39. The van der Waals surface area contributed by atoms with Crippen LogP contribution in [0, 0.1) is 11.8 Å². The molecule has 1 heterocycles. The van der Waals surface area contributed by atoms with Crippen molar-refractivity contribution in [3.63, 3.8) is 0 Å². The van der Waals surface area contributed by atoms with Gasteiger partial charge in [0.15, 0.2) is 5.69 Å². The number of rotatable bonds is 7. The fourth-order valence-electron chi connectivity index (χ4n) is 2.11. The maximum atomic E-state index is 11.1. The van der Waals surface area contributed by atoms with Crippen molar-refractivity contribution < 1.29 is 9.90 Å². The Labute approximate surface area is 108 Å². The van der Waals surface area contributed by atoms with Gasteiger partial charge in [-0.15, -0.1) is 5.10 Å². The van der Waals surface area contributed by atoms with Crippen LogP contribution in [-0.2, 0) is 13.0 Å². The maximum absolute atomic E-state index is 11.1.